The zero-order chi connectivity index (χ0) is 13.1. The van der Waals surface area contributed by atoms with Crippen molar-refractivity contribution >= 4 is 11.7 Å². The molecule has 0 spiro atoms. The first kappa shape index (κ1) is 12.0. The Morgan fingerprint density at radius 1 is 1.22 bits per heavy atom. The number of aliphatic hydroxyl groups is 1. The van der Waals surface area contributed by atoms with Gasteiger partial charge in [0, 0.05) is 23.5 Å². The highest BCUT2D eigenvalue weighted by Gasteiger charge is 2.09. The average Bonchev–Trinajstić information content (AvgIpc) is 2.39. The number of nitrogens with two attached hydrogens (primary N) is 2. The lowest BCUT2D eigenvalue weighted by Crippen LogP contribution is -2.14. The van der Waals surface area contributed by atoms with Gasteiger partial charge in [0.15, 0.2) is 0 Å². The van der Waals surface area contributed by atoms with Crippen molar-refractivity contribution in [3.8, 4) is 11.1 Å². The van der Waals surface area contributed by atoms with E-state index in [1.807, 2.05) is 0 Å². The zero-order valence-electron chi connectivity index (χ0n) is 9.50. The lowest BCUT2D eigenvalue weighted by Gasteiger charge is -2.05. The first-order chi connectivity index (χ1) is 8.61. The monoisotopic (exact) mass is 244 g/mol. The summed E-state index contributed by atoms with van der Waals surface area (Å²) in [6.07, 6.45) is 3.13. The van der Waals surface area contributed by atoms with Crippen molar-refractivity contribution in [2.75, 3.05) is 5.73 Å². The molecular formula is C12H12N4O2. The van der Waals surface area contributed by atoms with Crippen molar-refractivity contribution in [2.24, 2.45) is 5.73 Å². The van der Waals surface area contributed by atoms with Gasteiger partial charge in [-0.1, -0.05) is 6.07 Å². The predicted molar refractivity (Wildman–Crippen MR) is 66.3 cm³/mol. The first-order valence-corrected chi connectivity index (χ1v) is 5.23. The fourth-order valence-electron chi connectivity index (χ4n) is 1.52. The maximum Gasteiger partial charge on any atom is 0.252 e. The fourth-order valence-corrected chi connectivity index (χ4v) is 1.52. The minimum absolute atomic E-state index is 0.103. The molecule has 0 aliphatic rings. The SMILES string of the molecule is NC(=O)c1cc(-c2ccc(CO)nc2)cnc1N. The number of anilines is 1. The second kappa shape index (κ2) is 4.80. The van der Waals surface area contributed by atoms with Crippen LogP contribution in [0.3, 0.4) is 0 Å². The first-order valence-electron chi connectivity index (χ1n) is 5.23. The third-order valence-corrected chi connectivity index (χ3v) is 2.50. The number of aromatic nitrogens is 2. The van der Waals surface area contributed by atoms with Gasteiger partial charge >= 0.3 is 0 Å². The molecule has 18 heavy (non-hydrogen) atoms. The molecule has 1 amide bonds. The molecule has 2 heterocycles. The topological polar surface area (TPSA) is 115 Å². The van der Waals surface area contributed by atoms with Crippen molar-refractivity contribution in [1.82, 2.24) is 9.97 Å². The number of hydrogen-bond donors (Lipinski definition) is 3. The predicted octanol–water partition coefficient (Wildman–Crippen LogP) is 0.317. The van der Waals surface area contributed by atoms with E-state index < -0.39 is 5.91 Å². The summed E-state index contributed by atoms with van der Waals surface area (Å²) in [6, 6.07) is 5.03. The van der Waals surface area contributed by atoms with Gasteiger partial charge in [0.2, 0.25) is 0 Å². The molecule has 6 nitrogen and oxygen atoms in total. The molecule has 0 bridgehead atoms. The maximum absolute atomic E-state index is 11.2. The Morgan fingerprint density at radius 3 is 2.50 bits per heavy atom. The Kier molecular flexibility index (Phi) is 3.20. The number of rotatable bonds is 3. The summed E-state index contributed by atoms with van der Waals surface area (Å²) >= 11 is 0. The quantitative estimate of drug-likeness (QED) is 0.719. The number of amides is 1. The average molecular weight is 244 g/mol. The molecule has 5 N–H and O–H groups in total. The molecule has 0 saturated heterocycles. The summed E-state index contributed by atoms with van der Waals surface area (Å²) in [4.78, 5) is 19.1. The van der Waals surface area contributed by atoms with Gasteiger partial charge in [-0.2, -0.15) is 0 Å². The van der Waals surface area contributed by atoms with E-state index in [1.165, 1.54) is 6.20 Å². The standard InChI is InChI=1S/C12H12N4O2/c13-11-10(12(14)18)3-8(5-16-11)7-1-2-9(6-17)15-4-7/h1-5,17H,6H2,(H2,13,16)(H2,14,18). The second-order valence-corrected chi connectivity index (χ2v) is 3.72. The van der Waals surface area contributed by atoms with Gasteiger partial charge in [0.25, 0.3) is 5.91 Å². The third-order valence-electron chi connectivity index (χ3n) is 2.50. The molecule has 0 saturated carbocycles. The summed E-state index contributed by atoms with van der Waals surface area (Å²) in [5.74, 6) is -0.520. The Balaban J connectivity index is 2.44. The maximum atomic E-state index is 11.2. The molecule has 0 fully saturated rings. The molecule has 0 aliphatic carbocycles. The number of hydrogen-bond acceptors (Lipinski definition) is 5. The van der Waals surface area contributed by atoms with Crippen molar-refractivity contribution in [1.29, 1.82) is 0 Å². The summed E-state index contributed by atoms with van der Waals surface area (Å²) < 4.78 is 0. The van der Waals surface area contributed by atoms with E-state index >= 15 is 0 Å². The third kappa shape index (κ3) is 2.28. The number of nitrogen functional groups attached to an aromatic ring is 1. The van der Waals surface area contributed by atoms with Crippen LogP contribution in [0.5, 0.6) is 0 Å². The van der Waals surface area contributed by atoms with Gasteiger partial charge in [-0.25, -0.2) is 4.98 Å². The van der Waals surface area contributed by atoms with E-state index in [4.69, 9.17) is 16.6 Å². The van der Waals surface area contributed by atoms with E-state index in [0.717, 1.165) is 5.56 Å². The van der Waals surface area contributed by atoms with Crippen LogP contribution >= 0.6 is 0 Å². The van der Waals surface area contributed by atoms with E-state index in [1.54, 1.807) is 24.4 Å². The van der Waals surface area contributed by atoms with Crippen LogP contribution in [0.25, 0.3) is 11.1 Å². The normalized spacial score (nSPS) is 10.3. The van der Waals surface area contributed by atoms with Gasteiger partial charge in [-0.15, -0.1) is 0 Å². The smallest absolute Gasteiger partial charge is 0.252 e. The number of nitrogens with zero attached hydrogens (tertiary/aromatic N) is 2. The Morgan fingerprint density at radius 2 is 1.94 bits per heavy atom. The van der Waals surface area contributed by atoms with Crippen LogP contribution in [0.15, 0.2) is 30.6 Å². The lowest BCUT2D eigenvalue weighted by atomic mass is 10.1. The number of carbonyl (C=O) groups excluding carboxylic acids is 1. The molecule has 0 atom stereocenters. The van der Waals surface area contributed by atoms with Crippen LogP contribution in [0.4, 0.5) is 5.82 Å². The van der Waals surface area contributed by atoms with Crippen molar-refractivity contribution in [2.45, 2.75) is 6.61 Å². The lowest BCUT2D eigenvalue weighted by molar-refractivity contribution is 0.100. The number of pyridine rings is 2. The molecule has 92 valence electrons. The van der Waals surface area contributed by atoms with Crippen LogP contribution in [0, 0.1) is 0 Å². The van der Waals surface area contributed by atoms with Crippen molar-refractivity contribution in [3.63, 3.8) is 0 Å². The Hall–Kier alpha value is -2.47. The van der Waals surface area contributed by atoms with Crippen molar-refractivity contribution < 1.29 is 9.90 Å². The van der Waals surface area contributed by atoms with Gasteiger partial charge in [0.1, 0.15) is 5.82 Å². The molecule has 2 rings (SSSR count). The highest BCUT2D eigenvalue weighted by molar-refractivity contribution is 5.98. The molecule has 2 aromatic rings. The summed E-state index contributed by atoms with van der Waals surface area (Å²) in [5.41, 5.74) is 13.0. The highest BCUT2D eigenvalue weighted by atomic mass is 16.3. The van der Waals surface area contributed by atoms with Crippen molar-refractivity contribution in [3.05, 3.63) is 41.9 Å². The van der Waals surface area contributed by atoms with E-state index in [9.17, 15) is 4.79 Å². The van der Waals surface area contributed by atoms with Crippen LogP contribution in [-0.2, 0) is 6.61 Å². The summed E-state index contributed by atoms with van der Waals surface area (Å²) in [5, 5.41) is 8.90. The molecule has 6 heteroatoms. The molecular weight excluding hydrogens is 232 g/mol. The molecule has 0 aromatic carbocycles. The van der Waals surface area contributed by atoms with Crippen LogP contribution in [0.1, 0.15) is 16.1 Å². The van der Waals surface area contributed by atoms with E-state index in [2.05, 4.69) is 9.97 Å². The Labute approximate surface area is 103 Å². The van der Waals surface area contributed by atoms with Gasteiger partial charge in [-0.3, -0.25) is 9.78 Å². The number of primary amides is 1. The summed E-state index contributed by atoms with van der Waals surface area (Å²) in [6.45, 7) is -0.118. The largest absolute Gasteiger partial charge is 0.390 e. The fraction of sp³-hybridized carbons (Fsp3) is 0.0833. The number of carbonyl (C=O) groups is 1. The van der Waals surface area contributed by atoms with Gasteiger partial charge in [-0.05, 0) is 12.1 Å². The minimum atomic E-state index is -0.623. The second-order valence-electron chi connectivity index (χ2n) is 3.72. The van der Waals surface area contributed by atoms with E-state index in [-0.39, 0.29) is 18.0 Å². The van der Waals surface area contributed by atoms with Gasteiger partial charge in [0.05, 0.1) is 17.9 Å². The summed E-state index contributed by atoms with van der Waals surface area (Å²) in [7, 11) is 0. The molecule has 0 unspecified atom stereocenters. The zero-order valence-corrected chi connectivity index (χ0v) is 9.50. The van der Waals surface area contributed by atoms with Crippen LogP contribution < -0.4 is 11.5 Å². The number of aliphatic hydroxyl groups excluding tert-OH is 1. The van der Waals surface area contributed by atoms with Crippen LogP contribution in [-0.4, -0.2) is 21.0 Å². The molecule has 0 radical (unpaired) electrons. The highest BCUT2D eigenvalue weighted by Crippen LogP contribution is 2.21. The molecule has 2 aromatic heterocycles. The molecule has 0 aliphatic heterocycles. The van der Waals surface area contributed by atoms with Gasteiger partial charge < -0.3 is 16.6 Å². The van der Waals surface area contributed by atoms with E-state index in [0.29, 0.717) is 11.3 Å². The Bertz CT molecular complexity index is 581. The van der Waals surface area contributed by atoms with Crippen LogP contribution in [0.2, 0.25) is 0 Å². The minimum Gasteiger partial charge on any atom is -0.390 e.